The Labute approximate surface area is 225 Å². The summed E-state index contributed by atoms with van der Waals surface area (Å²) >= 11 is 12.3. The van der Waals surface area contributed by atoms with Gasteiger partial charge in [0.05, 0.1) is 19.8 Å². The minimum Gasteiger partial charge on any atom is -0.497 e. The number of benzene rings is 4. The van der Waals surface area contributed by atoms with Crippen LogP contribution >= 0.6 is 23.2 Å². The molecular formula is C29H24Cl2N2O4. The zero-order chi connectivity index (χ0) is 26.4. The highest BCUT2D eigenvalue weighted by Crippen LogP contribution is 2.26. The van der Waals surface area contributed by atoms with Crippen LogP contribution in [0.15, 0.2) is 95.8 Å². The Morgan fingerprint density at radius 2 is 1.43 bits per heavy atom. The van der Waals surface area contributed by atoms with Gasteiger partial charge in [-0.3, -0.25) is 4.99 Å². The molecule has 0 fully saturated rings. The molecule has 0 radical (unpaired) electrons. The summed E-state index contributed by atoms with van der Waals surface area (Å²) in [6.45, 7) is 0. The van der Waals surface area contributed by atoms with E-state index in [2.05, 4.69) is 10.3 Å². The van der Waals surface area contributed by atoms with E-state index in [0.717, 1.165) is 22.1 Å². The monoisotopic (exact) mass is 534 g/mol. The molecule has 0 spiro atoms. The zero-order valence-corrected chi connectivity index (χ0v) is 21.9. The number of carbonyl (C=O) groups excluding carboxylic acids is 1. The van der Waals surface area contributed by atoms with Crippen LogP contribution in [0.1, 0.15) is 15.9 Å². The van der Waals surface area contributed by atoms with Gasteiger partial charge >= 0.3 is 5.97 Å². The molecule has 188 valence electrons. The molecule has 0 atom stereocenters. The van der Waals surface area contributed by atoms with E-state index in [4.69, 9.17) is 37.4 Å². The third-order valence-electron chi connectivity index (χ3n) is 5.51. The maximum absolute atomic E-state index is 11.8. The van der Waals surface area contributed by atoms with E-state index in [9.17, 15) is 4.79 Å². The summed E-state index contributed by atoms with van der Waals surface area (Å²) < 4.78 is 16.4. The van der Waals surface area contributed by atoms with Crippen LogP contribution in [0, 0.1) is 0 Å². The second-order valence-electron chi connectivity index (χ2n) is 7.93. The average molecular weight is 535 g/mol. The smallest absolute Gasteiger partial charge is 0.337 e. The van der Waals surface area contributed by atoms with Gasteiger partial charge in [-0.2, -0.15) is 0 Å². The van der Waals surface area contributed by atoms with Crippen molar-refractivity contribution in [1.29, 1.82) is 0 Å². The zero-order valence-electron chi connectivity index (χ0n) is 20.4. The van der Waals surface area contributed by atoms with Crippen molar-refractivity contribution in [3.05, 3.63) is 112 Å². The largest absolute Gasteiger partial charge is 0.497 e. The molecule has 0 aromatic heterocycles. The molecular weight excluding hydrogens is 511 g/mol. The number of aliphatic imine (C=N–C) groups is 1. The first kappa shape index (κ1) is 26.1. The number of nitrogens with one attached hydrogen (secondary N) is 1. The third kappa shape index (κ3) is 6.42. The highest BCUT2D eigenvalue weighted by Gasteiger charge is 2.15. The van der Waals surface area contributed by atoms with Crippen LogP contribution in [0.5, 0.6) is 11.5 Å². The summed E-state index contributed by atoms with van der Waals surface area (Å²) in [4.78, 5) is 16.3. The van der Waals surface area contributed by atoms with E-state index in [-0.39, 0.29) is 0 Å². The van der Waals surface area contributed by atoms with Crippen molar-refractivity contribution < 1.29 is 19.0 Å². The number of hydrogen-bond acceptors (Lipinski definition) is 6. The number of nitrogens with zero attached hydrogens (tertiary/aromatic N) is 1. The molecule has 4 aromatic carbocycles. The minimum atomic E-state index is -0.426. The number of fused-ring (bicyclic) bond motifs is 1. The number of halogens is 2. The molecule has 0 bridgehead atoms. The normalized spacial score (nSPS) is 11.8. The summed E-state index contributed by atoms with van der Waals surface area (Å²) in [7, 11) is 4.68. The van der Waals surface area contributed by atoms with Crippen molar-refractivity contribution in [3.63, 3.8) is 0 Å². The Bertz CT molecular complexity index is 1480. The van der Waals surface area contributed by atoms with Crippen LogP contribution in [0.2, 0.25) is 10.0 Å². The fourth-order valence-corrected chi connectivity index (χ4v) is 4.24. The van der Waals surface area contributed by atoms with Gasteiger partial charge < -0.3 is 19.5 Å². The Kier molecular flexibility index (Phi) is 8.33. The SMILES string of the molecule is CN=C(/C(=C\Nc1cc(Cl)cc(Cl)c1)Oc1ccc(C(=O)OC)cc1)c1ccc2cc(OC)ccc2c1. The fourth-order valence-electron chi connectivity index (χ4n) is 3.72. The summed E-state index contributed by atoms with van der Waals surface area (Å²) in [5, 5.41) is 6.25. The molecule has 0 aliphatic carbocycles. The van der Waals surface area contributed by atoms with Crippen molar-refractivity contribution in [2.45, 2.75) is 0 Å². The van der Waals surface area contributed by atoms with Crippen LogP contribution in [-0.2, 0) is 4.74 Å². The number of esters is 1. The molecule has 1 N–H and O–H groups in total. The van der Waals surface area contributed by atoms with Gasteiger partial charge in [-0.05, 0) is 71.4 Å². The lowest BCUT2D eigenvalue weighted by molar-refractivity contribution is 0.0600. The van der Waals surface area contributed by atoms with E-state index in [1.165, 1.54) is 7.11 Å². The van der Waals surface area contributed by atoms with Crippen LogP contribution in [-0.4, -0.2) is 32.9 Å². The maximum Gasteiger partial charge on any atom is 0.337 e. The molecule has 0 amide bonds. The Balaban J connectivity index is 1.72. The van der Waals surface area contributed by atoms with E-state index >= 15 is 0 Å². The van der Waals surface area contributed by atoms with Gasteiger partial charge in [0.15, 0.2) is 5.76 Å². The molecule has 0 aliphatic heterocycles. The number of allylic oxidation sites excluding steroid dienone is 1. The Morgan fingerprint density at radius 1 is 0.811 bits per heavy atom. The second kappa shape index (κ2) is 11.8. The van der Waals surface area contributed by atoms with Crippen molar-refractivity contribution in [1.82, 2.24) is 0 Å². The predicted molar refractivity (Wildman–Crippen MR) is 150 cm³/mol. The molecule has 0 heterocycles. The molecule has 8 heteroatoms. The van der Waals surface area contributed by atoms with Crippen LogP contribution in [0.25, 0.3) is 10.8 Å². The quantitative estimate of drug-likeness (QED) is 0.145. The van der Waals surface area contributed by atoms with Gasteiger partial charge in [0, 0.05) is 34.5 Å². The van der Waals surface area contributed by atoms with Crippen molar-refractivity contribution in [2.24, 2.45) is 4.99 Å². The van der Waals surface area contributed by atoms with Crippen LogP contribution in [0.4, 0.5) is 5.69 Å². The van der Waals surface area contributed by atoms with E-state index in [0.29, 0.717) is 38.5 Å². The Hall–Kier alpha value is -4.00. The van der Waals surface area contributed by atoms with Gasteiger partial charge in [-0.25, -0.2) is 4.79 Å². The highest BCUT2D eigenvalue weighted by molar-refractivity contribution is 6.35. The number of methoxy groups -OCH3 is 2. The second-order valence-corrected chi connectivity index (χ2v) is 8.80. The molecule has 4 aromatic rings. The standard InChI is InChI=1S/C29H24Cl2N2O4/c1-32-28(21-5-4-20-13-26(35-2)11-8-19(20)12-21)27(17-33-24-15-22(30)14-23(31)16-24)37-25-9-6-18(7-10-25)29(34)36-3/h4-17,33H,1-3H3/b27-17+,32-28?. The van der Waals surface area contributed by atoms with Crippen molar-refractivity contribution in [3.8, 4) is 11.5 Å². The van der Waals surface area contributed by atoms with Gasteiger partial charge in [0.25, 0.3) is 0 Å². The lowest BCUT2D eigenvalue weighted by Gasteiger charge is -2.15. The third-order valence-corrected chi connectivity index (χ3v) is 5.95. The number of ether oxygens (including phenoxy) is 3. The summed E-state index contributed by atoms with van der Waals surface area (Å²) in [6, 6.07) is 23.7. The lowest BCUT2D eigenvalue weighted by Crippen LogP contribution is -2.13. The van der Waals surface area contributed by atoms with E-state index < -0.39 is 5.97 Å². The number of carbonyl (C=O) groups is 1. The van der Waals surface area contributed by atoms with Gasteiger partial charge in [0.1, 0.15) is 17.2 Å². The molecule has 0 aliphatic rings. The minimum absolute atomic E-state index is 0.418. The first-order chi connectivity index (χ1) is 17.9. The van der Waals surface area contributed by atoms with E-state index in [1.54, 1.807) is 62.8 Å². The molecule has 0 saturated carbocycles. The topological polar surface area (TPSA) is 69.2 Å². The average Bonchev–Trinajstić information content (AvgIpc) is 2.91. The van der Waals surface area contributed by atoms with Crippen molar-refractivity contribution >= 4 is 51.3 Å². The number of anilines is 1. The molecule has 6 nitrogen and oxygen atoms in total. The predicted octanol–water partition coefficient (Wildman–Crippen LogP) is 7.39. The van der Waals surface area contributed by atoms with Gasteiger partial charge in [-0.15, -0.1) is 0 Å². The van der Waals surface area contributed by atoms with Gasteiger partial charge in [-0.1, -0.05) is 41.4 Å². The summed E-state index contributed by atoms with van der Waals surface area (Å²) in [6.07, 6.45) is 1.69. The summed E-state index contributed by atoms with van der Waals surface area (Å²) in [5.41, 5.74) is 2.56. The van der Waals surface area contributed by atoms with Crippen LogP contribution < -0.4 is 14.8 Å². The summed E-state index contributed by atoms with van der Waals surface area (Å²) in [5.74, 6) is 1.31. The lowest BCUT2D eigenvalue weighted by atomic mass is 10.0. The van der Waals surface area contributed by atoms with Gasteiger partial charge in [0.2, 0.25) is 0 Å². The fraction of sp³-hybridized carbons (Fsp3) is 0.103. The Morgan fingerprint density at radius 3 is 2.08 bits per heavy atom. The maximum atomic E-state index is 11.8. The first-order valence-electron chi connectivity index (χ1n) is 11.2. The molecule has 4 rings (SSSR count). The van der Waals surface area contributed by atoms with Crippen molar-refractivity contribution in [2.75, 3.05) is 26.6 Å². The number of hydrogen-bond donors (Lipinski definition) is 1. The number of rotatable bonds is 8. The molecule has 37 heavy (non-hydrogen) atoms. The van der Waals surface area contributed by atoms with Crippen LogP contribution in [0.3, 0.4) is 0 Å². The molecule has 0 saturated heterocycles. The van der Waals surface area contributed by atoms with E-state index in [1.807, 2.05) is 36.4 Å². The molecule has 0 unspecified atom stereocenters. The highest BCUT2D eigenvalue weighted by atomic mass is 35.5. The first-order valence-corrected chi connectivity index (χ1v) is 12.0.